The summed E-state index contributed by atoms with van der Waals surface area (Å²) in [6.07, 6.45) is 0. The van der Waals surface area contributed by atoms with Crippen molar-refractivity contribution in [3.63, 3.8) is 0 Å². The average molecular weight is 290 g/mol. The zero-order chi connectivity index (χ0) is 15.4. The lowest BCUT2D eigenvalue weighted by atomic mass is 9.99. The van der Waals surface area contributed by atoms with Crippen LogP contribution in [0.3, 0.4) is 0 Å². The summed E-state index contributed by atoms with van der Waals surface area (Å²) in [6.45, 7) is 1.45. The summed E-state index contributed by atoms with van der Waals surface area (Å²) in [5.41, 5.74) is -0.368. The molecule has 0 aromatic heterocycles. The third-order valence-corrected chi connectivity index (χ3v) is 2.86. The third kappa shape index (κ3) is 2.97. The maximum Gasteiger partial charge on any atom is 0.379 e. The summed E-state index contributed by atoms with van der Waals surface area (Å²) in [5.74, 6) is -4.77. The predicted octanol–water partition coefficient (Wildman–Crippen LogP) is 3.38. The molecule has 0 atom stereocenters. The van der Waals surface area contributed by atoms with E-state index in [-0.39, 0.29) is 12.2 Å². The van der Waals surface area contributed by atoms with E-state index in [1.807, 2.05) is 0 Å². The fourth-order valence-electron chi connectivity index (χ4n) is 1.90. The van der Waals surface area contributed by atoms with E-state index in [0.29, 0.717) is 5.56 Å². The number of carbonyl (C=O) groups is 2. The van der Waals surface area contributed by atoms with Gasteiger partial charge in [0.05, 0.1) is 6.61 Å². The van der Waals surface area contributed by atoms with Crippen LogP contribution in [0.15, 0.2) is 42.5 Å². The van der Waals surface area contributed by atoms with Crippen LogP contribution in [0.4, 0.5) is 8.78 Å². The number of esters is 1. The fourth-order valence-corrected chi connectivity index (χ4v) is 1.90. The van der Waals surface area contributed by atoms with E-state index in [1.54, 1.807) is 30.3 Å². The van der Waals surface area contributed by atoms with Crippen molar-refractivity contribution in [1.82, 2.24) is 0 Å². The number of ether oxygens (including phenoxy) is 1. The van der Waals surface area contributed by atoms with Crippen LogP contribution < -0.4 is 0 Å². The monoisotopic (exact) mass is 290 g/mol. The lowest BCUT2D eigenvalue weighted by Crippen LogP contribution is -2.20. The van der Waals surface area contributed by atoms with Crippen molar-refractivity contribution in [2.75, 3.05) is 6.61 Å². The van der Waals surface area contributed by atoms with Gasteiger partial charge in [0.25, 0.3) is 5.78 Å². The number of benzene rings is 2. The van der Waals surface area contributed by atoms with E-state index in [0.717, 1.165) is 6.07 Å². The summed E-state index contributed by atoms with van der Waals surface area (Å²) in [5, 5.41) is 0. The first-order valence-electron chi connectivity index (χ1n) is 6.31. The van der Waals surface area contributed by atoms with E-state index < -0.39 is 29.0 Å². The van der Waals surface area contributed by atoms with Crippen LogP contribution in [0.1, 0.15) is 17.3 Å². The van der Waals surface area contributed by atoms with E-state index in [2.05, 4.69) is 4.74 Å². The maximum atomic E-state index is 14.4. The fraction of sp³-hybridized carbons (Fsp3) is 0.125. The number of rotatable bonds is 4. The zero-order valence-corrected chi connectivity index (χ0v) is 11.2. The number of ketones is 1. The van der Waals surface area contributed by atoms with Gasteiger partial charge in [-0.15, -0.1) is 0 Å². The Morgan fingerprint density at radius 3 is 2.33 bits per heavy atom. The molecule has 0 unspecified atom stereocenters. The molecule has 5 heteroatoms. The molecule has 0 bridgehead atoms. The van der Waals surface area contributed by atoms with Gasteiger partial charge >= 0.3 is 5.97 Å². The molecule has 0 N–H and O–H groups in total. The second-order valence-corrected chi connectivity index (χ2v) is 4.20. The highest BCUT2D eigenvalue weighted by molar-refractivity contribution is 6.40. The van der Waals surface area contributed by atoms with Crippen LogP contribution in [0.2, 0.25) is 0 Å². The topological polar surface area (TPSA) is 43.4 Å². The minimum Gasteiger partial charge on any atom is -0.460 e. The van der Waals surface area contributed by atoms with Gasteiger partial charge in [-0.25, -0.2) is 13.6 Å². The molecule has 0 heterocycles. The number of hydrogen-bond donors (Lipinski definition) is 0. The van der Waals surface area contributed by atoms with Crippen LogP contribution in [-0.4, -0.2) is 18.4 Å². The van der Waals surface area contributed by atoms with Crippen molar-refractivity contribution in [2.45, 2.75) is 6.92 Å². The van der Waals surface area contributed by atoms with Gasteiger partial charge in [0, 0.05) is 5.56 Å². The number of halogens is 2. The second-order valence-electron chi connectivity index (χ2n) is 4.20. The molecule has 0 amide bonds. The van der Waals surface area contributed by atoms with Crippen molar-refractivity contribution >= 4 is 11.8 Å². The third-order valence-electron chi connectivity index (χ3n) is 2.86. The Labute approximate surface area is 120 Å². The molecule has 2 rings (SSSR count). The number of Topliss-reactive ketones (excluding diaryl/α,β-unsaturated/α-hetero) is 1. The van der Waals surface area contributed by atoms with E-state index in [4.69, 9.17) is 0 Å². The molecule has 0 saturated carbocycles. The molecule has 2 aromatic carbocycles. The van der Waals surface area contributed by atoms with Crippen LogP contribution >= 0.6 is 0 Å². The number of hydrogen-bond acceptors (Lipinski definition) is 3. The molecule has 2 aromatic rings. The van der Waals surface area contributed by atoms with Crippen LogP contribution in [0.5, 0.6) is 0 Å². The van der Waals surface area contributed by atoms with Gasteiger partial charge in [-0.3, -0.25) is 4.79 Å². The number of carbonyl (C=O) groups excluding carboxylic acids is 2. The first kappa shape index (κ1) is 14.8. The highest BCUT2D eigenvalue weighted by atomic mass is 19.1. The second kappa shape index (κ2) is 6.26. The van der Waals surface area contributed by atoms with Gasteiger partial charge in [0.15, 0.2) is 0 Å². The Balaban J connectivity index is 2.53. The Morgan fingerprint density at radius 1 is 1.05 bits per heavy atom. The average Bonchev–Trinajstić information content (AvgIpc) is 2.48. The lowest BCUT2D eigenvalue weighted by Gasteiger charge is -2.09. The molecule has 0 saturated heterocycles. The summed E-state index contributed by atoms with van der Waals surface area (Å²) in [4.78, 5) is 23.2. The van der Waals surface area contributed by atoms with Crippen LogP contribution in [-0.2, 0) is 9.53 Å². The molecule has 0 aliphatic carbocycles. The molecule has 0 fully saturated rings. The first-order chi connectivity index (χ1) is 10.1. The molecule has 21 heavy (non-hydrogen) atoms. The van der Waals surface area contributed by atoms with Crippen molar-refractivity contribution in [3.05, 3.63) is 59.7 Å². The highest BCUT2D eigenvalue weighted by Gasteiger charge is 2.27. The van der Waals surface area contributed by atoms with E-state index >= 15 is 0 Å². The van der Waals surface area contributed by atoms with Crippen molar-refractivity contribution < 1.29 is 23.1 Å². The molecule has 3 nitrogen and oxygen atoms in total. The minimum atomic E-state index is -1.33. The molecular weight excluding hydrogens is 278 g/mol. The van der Waals surface area contributed by atoms with Gasteiger partial charge in [-0.1, -0.05) is 30.3 Å². The zero-order valence-electron chi connectivity index (χ0n) is 11.2. The Hall–Kier alpha value is -2.56. The SMILES string of the molecule is CCOC(=O)C(=O)c1c(F)ccc(-c2ccccc2)c1F. The van der Waals surface area contributed by atoms with Gasteiger partial charge in [0.1, 0.15) is 17.2 Å². The standard InChI is InChI=1S/C16H12F2O3/c1-2-21-16(20)15(19)13-12(17)9-8-11(14(13)18)10-6-4-3-5-7-10/h3-9H,2H2,1H3. The van der Waals surface area contributed by atoms with E-state index in [1.165, 1.54) is 13.0 Å². The minimum absolute atomic E-state index is 0.0460. The molecule has 0 spiro atoms. The normalized spacial score (nSPS) is 10.2. The molecule has 0 aliphatic heterocycles. The van der Waals surface area contributed by atoms with Crippen molar-refractivity contribution in [1.29, 1.82) is 0 Å². The molecular formula is C16H12F2O3. The Morgan fingerprint density at radius 2 is 1.71 bits per heavy atom. The Kier molecular flexibility index (Phi) is 4.42. The first-order valence-corrected chi connectivity index (χ1v) is 6.31. The maximum absolute atomic E-state index is 14.4. The summed E-state index contributed by atoms with van der Waals surface area (Å²) >= 11 is 0. The highest BCUT2D eigenvalue weighted by Crippen LogP contribution is 2.27. The largest absolute Gasteiger partial charge is 0.460 e. The summed E-state index contributed by atoms with van der Waals surface area (Å²) < 4.78 is 32.6. The summed E-state index contributed by atoms with van der Waals surface area (Å²) in [6, 6.07) is 10.5. The molecule has 108 valence electrons. The smallest absolute Gasteiger partial charge is 0.379 e. The quantitative estimate of drug-likeness (QED) is 0.492. The van der Waals surface area contributed by atoms with Crippen LogP contribution in [0, 0.1) is 11.6 Å². The van der Waals surface area contributed by atoms with Gasteiger partial charge < -0.3 is 4.74 Å². The summed E-state index contributed by atoms with van der Waals surface area (Å²) in [7, 11) is 0. The van der Waals surface area contributed by atoms with Crippen LogP contribution in [0.25, 0.3) is 11.1 Å². The van der Waals surface area contributed by atoms with Gasteiger partial charge in [-0.2, -0.15) is 0 Å². The van der Waals surface area contributed by atoms with Crippen molar-refractivity contribution in [2.24, 2.45) is 0 Å². The van der Waals surface area contributed by atoms with Gasteiger partial charge in [-0.05, 0) is 24.6 Å². The Bertz CT molecular complexity index is 681. The van der Waals surface area contributed by atoms with Crippen molar-refractivity contribution in [3.8, 4) is 11.1 Å². The predicted molar refractivity (Wildman–Crippen MR) is 72.8 cm³/mol. The van der Waals surface area contributed by atoms with E-state index in [9.17, 15) is 18.4 Å². The molecule has 0 aliphatic rings. The molecule has 0 radical (unpaired) electrons. The lowest BCUT2D eigenvalue weighted by molar-refractivity contribution is -0.137. The van der Waals surface area contributed by atoms with Gasteiger partial charge in [0.2, 0.25) is 0 Å².